The number of nitrogens with zero attached hydrogens (tertiary/aromatic N) is 1. The van der Waals surface area contributed by atoms with Crippen LogP contribution in [0.5, 0.6) is 0 Å². The minimum atomic E-state index is -0.0313. The molecular weight excluding hydrogens is 357 g/mol. The summed E-state index contributed by atoms with van der Waals surface area (Å²) < 4.78 is 0. The summed E-state index contributed by atoms with van der Waals surface area (Å²) in [7, 11) is 0. The van der Waals surface area contributed by atoms with Gasteiger partial charge in [0.05, 0.1) is 10.7 Å². The topological polar surface area (TPSA) is 44.4 Å². The van der Waals surface area contributed by atoms with Gasteiger partial charge in [-0.3, -0.25) is 9.69 Å². The van der Waals surface area contributed by atoms with Gasteiger partial charge >= 0.3 is 0 Å². The molecular formula is C16H24Cl3N3O. The second-order valence-electron chi connectivity index (χ2n) is 5.60. The zero-order chi connectivity index (χ0) is 15.9. The molecule has 0 aliphatic carbocycles. The van der Waals surface area contributed by atoms with Gasteiger partial charge in [0.25, 0.3) is 0 Å². The molecule has 1 saturated heterocycles. The fourth-order valence-electron chi connectivity index (χ4n) is 2.77. The van der Waals surface area contributed by atoms with Gasteiger partial charge in [0.2, 0.25) is 5.91 Å². The Labute approximate surface area is 154 Å². The molecule has 23 heavy (non-hydrogen) atoms. The van der Waals surface area contributed by atoms with E-state index in [1.165, 1.54) is 0 Å². The third-order valence-electron chi connectivity index (χ3n) is 3.89. The van der Waals surface area contributed by atoms with Crippen LogP contribution < -0.4 is 10.6 Å². The van der Waals surface area contributed by atoms with E-state index in [1.54, 1.807) is 18.2 Å². The number of carbonyl (C=O) groups excluding carboxylic acids is 1. The van der Waals surface area contributed by atoms with E-state index in [-0.39, 0.29) is 18.3 Å². The van der Waals surface area contributed by atoms with Crippen molar-refractivity contribution >= 4 is 47.2 Å². The second-order valence-corrected chi connectivity index (χ2v) is 6.45. The van der Waals surface area contributed by atoms with Crippen LogP contribution in [0.2, 0.25) is 10.0 Å². The molecule has 1 aromatic carbocycles. The molecule has 2 rings (SSSR count). The van der Waals surface area contributed by atoms with E-state index >= 15 is 0 Å². The van der Waals surface area contributed by atoms with E-state index in [2.05, 4.69) is 22.5 Å². The maximum Gasteiger partial charge on any atom is 0.225 e. The van der Waals surface area contributed by atoms with Gasteiger partial charge in [0.15, 0.2) is 0 Å². The fourth-order valence-corrected chi connectivity index (χ4v) is 3.10. The first-order valence-corrected chi connectivity index (χ1v) is 8.55. The predicted octanol–water partition coefficient (Wildman–Crippen LogP) is 3.82. The zero-order valence-electron chi connectivity index (χ0n) is 13.3. The number of anilines is 1. The second kappa shape index (κ2) is 10.4. The number of rotatable bonds is 7. The number of halogens is 3. The molecule has 1 fully saturated rings. The number of hydrogen-bond donors (Lipinski definition) is 2. The zero-order valence-corrected chi connectivity index (χ0v) is 15.6. The van der Waals surface area contributed by atoms with Crippen molar-refractivity contribution in [3.05, 3.63) is 28.2 Å². The molecule has 0 radical (unpaired) electrons. The van der Waals surface area contributed by atoms with Crippen molar-refractivity contribution in [1.29, 1.82) is 0 Å². The minimum Gasteiger partial charge on any atom is -0.325 e. The van der Waals surface area contributed by atoms with Crippen LogP contribution in [0.3, 0.4) is 0 Å². The molecule has 1 atom stereocenters. The highest BCUT2D eigenvalue weighted by molar-refractivity contribution is 6.35. The van der Waals surface area contributed by atoms with Gasteiger partial charge in [-0.15, -0.1) is 12.4 Å². The molecule has 130 valence electrons. The molecule has 2 N–H and O–H groups in total. The fraction of sp³-hybridized carbons (Fsp3) is 0.562. The molecule has 4 nitrogen and oxygen atoms in total. The number of carbonyl (C=O) groups is 1. The molecule has 0 spiro atoms. The van der Waals surface area contributed by atoms with E-state index in [9.17, 15) is 4.79 Å². The minimum absolute atomic E-state index is 0. The molecule has 1 aliphatic rings. The van der Waals surface area contributed by atoms with E-state index in [0.717, 1.165) is 39.0 Å². The Hall–Kier alpha value is -0.520. The summed E-state index contributed by atoms with van der Waals surface area (Å²) in [5.41, 5.74) is 0.573. The van der Waals surface area contributed by atoms with Crippen molar-refractivity contribution in [2.45, 2.75) is 32.2 Å². The molecule has 7 heteroatoms. The lowest BCUT2D eigenvalue weighted by Gasteiger charge is -2.27. The Morgan fingerprint density at radius 3 is 2.83 bits per heavy atom. The highest BCUT2D eigenvalue weighted by Gasteiger charge is 2.22. The Kier molecular flexibility index (Phi) is 9.25. The standard InChI is InChI=1S/C16H23Cl2N3O.ClH/c1-2-8-21(13-5-7-19-11-13)9-6-16(22)20-15-10-12(17)3-4-14(15)18;/h3-4,10,13,19H,2,5-9,11H2,1H3,(H,20,22);1H. The van der Waals surface area contributed by atoms with Crippen LogP contribution in [0.1, 0.15) is 26.2 Å². The average Bonchev–Trinajstić information content (AvgIpc) is 3.01. The summed E-state index contributed by atoms with van der Waals surface area (Å²) >= 11 is 12.0. The van der Waals surface area contributed by atoms with Crippen molar-refractivity contribution in [3.8, 4) is 0 Å². The Morgan fingerprint density at radius 1 is 1.39 bits per heavy atom. The summed E-state index contributed by atoms with van der Waals surface area (Å²) in [6.07, 6.45) is 2.71. The van der Waals surface area contributed by atoms with Gasteiger partial charge in [0.1, 0.15) is 0 Å². The van der Waals surface area contributed by atoms with Crippen LogP contribution in [-0.4, -0.2) is 43.0 Å². The monoisotopic (exact) mass is 379 g/mol. The molecule has 1 heterocycles. The molecule has 1 amide bonds. The Bertz CT molecular complexity index is 507. The van der Waals surface area contributed by atoms with E-state index in [4.69, 9.17) is 23.2 Å². The summed E-state index contributed by atoms with van der Waals surface area (Å²) in [5, 5.41) is 7.28. The SMILES string of the molecule is CCCN(CCC(=O)Nc1cc(Cl)ccc1Cl)C1CCNC1.Cl. The Balaban J connectivity index is 0.00000264. The van der Waals surface area contributed by atoms with Crippen molar-refractivity contribution in [3.63, 3.8) is 0 Å². The van der Waals surface area contributed by atoms with Crippen LogP contribution in [0, 0.1) is 0 Å². The maximum atomic E-state index is 12.1. The summed E-state index contributed by atoms with van der Waals surface area (Å²) in [4.78, 5) is 14.5. The number of nitrogens with one attached hydrogen (secondary N) is 2. The lowest BCUT2D eigenvalue weighted by molar-refractivity contribution is -0.116. The van der Waals surface area contributed by atoms with Gasteiger partial charge in [-0.05, 0) is 44.1 Å². The van der Waals surface area contributed by atoms with Crippen LogP contribution >= 0.6 is 35.6 Å². The third-order valence-corrected chi connectivity index (χ3v) is 4.45. The summed E-state index contributed by atoms with van der Waals surface area (Å²) in [5.74, 6) is -0.0313. The normalized spacial score (nSPS) is 17.1. The van der Waals surface area contributed by atoms with Gasteiger partial charge in [-0.1, -0.05) is 30.1 Å². The van der Waals surface area contributed by atoms with Gasteiger partial charge in [-0.25, -0.2) is 0 Å². The highest BCUT2D eigenvalue weighted by atomic mass is 35.5. The third kappa shape index (κ3) is 6.48. The van der Waals surface area contributed by atoms with E-state index in [0.29, 0.717) is 28.2 Å². The predicted molar refractivity (Wildman–Crippen MR) is 100 cm³/mol. The van der Waals surface area contributed by atoms with Crippen molar-refractivity contribution in [2.75, 3.05) is 31.5 Å². The lowest BCUT2D eigenvalue weighted by atomic mass is 10.2. The quantitative estimate of drug-likeness (QED) is 0.756. The molecule has 1 aliphatic heterocycles. The first-order chi connectivity index (χ1) is 10.6. The van der Waals surface area contributed by atoms with Gasteiger partial charge in [-0.2, -0.15) is 0 Å². The van der Waals surface area contributed by atoms with Crippen LogP contribution in [0.4, 0.5) is 5.69 Å². The van der Waals surface area contributed by atoms with Crippen molar-refractivity contribution < 1.29 is 4.79 Å². The first-order valence-electron chi connectivity index (χ1n) is 7.80. The highest BCUT2D eigenvalue weighted by Crippen LogP contribution is 2.25. The van der Waals surface area contributed by atoms with Gasteiger partial charge in [0, 0.05) is 30.6 Å². The van der Waals surface area contributed by atoms with Crippen molar-refractivity contribution in [1.82, 2.24) is 10.2 Å². The number of benzene rings is 1. The molecule has 1 aromatic rings. The summed E-state index contributed by atoms with van der Waals surface area (Å²) in [6, 6.07) is 5.61. The Morgan fingerprint density at radius 2 is 2.17 bits per heavy atom. The molecule has 0 bridgehead atoms. The van der Waals surface area contributed by atoms with Crippen molar-refractivity contribution in [2.24, 2.45) is 0 Å². The summed E-state index contributed by atoms with van der Waals surface area (Å²) in [6.45, 7) is 6.04. The lowest BCUT2D eigenvalue weighted by Crippen LogP contribution is -2.39. The molecule has 0 saturated carbocycles. The largest absolute Gasteiger partial charge is 0.325 e. The average molecular weight is 381 g/mol. The number of hydrogen-bond acceptors (Lipinski definition) is 3. The maximum absolute atomic E-state index is 12.1. The van der Waals surface area contributed by atoms with Gasteiger partial charge < -0.3 is 10.6 Å². The van der Waals surface area contributed by atoms with Crippen LogP contribution in [-0.2, 0) is 4.79 Å². The first kappa shape index (κ1) is 20.5. The van der Waals surface area contributed by atoms with E-state index in [1.807, 2.05) is 0 Å². The smallest absolute Gasteiger partial charge is 0.225 e. The van der Waals surface area contributed by atoms with E-state index < -0.39 is 0 Å². The number of amides is 1. The molecule has 1 unspecified atom stereocenters. The molecule has 0 aromatic heterocycles. The van der Waals surface area contributed by atoms with Crippen LogP contribution in [0.25, 0.3) is 0 Å². The van der Waals surface area contributed by atoms with Crippen LogP contribution in [0.15, 0.2) is 18.2 Å².